The number of esters is 1. The standard InChI is InChI=1S/C27H20N4O7/c1-17-5-2-6-19(15-17)25(32)29-21-12-10-18(11-13-21)26(33)30-28-16-20-7-3-8-22(31(35)36)24(20)38-27(34)23-9-4-14-37-23/h2-16H,1H3,(H,29,32)(H,30,33)/b28-16+. The van der Waals surface area contributed by atoms with Gasteiger partial charge in [-0.1, -0.05) is 23.8 Å². The Balaban J connectivity index is 1.43. The number of hydrazone groups is 1. The summed E-state index contributed by atoms with van der Waals surface area (Å²) in [7, 11) is 0. The van der Waals surface area contributed by atoms with E-state index >= 15 is 0 Å². The van der Waals surface area contributed by atoms with Gasteiger partial charge in [0.05, 0.1) is 17.4 Å². The third-order valence-electron chi connectivity index (χ3n) is 5.19. The van der Waals surface area contributed by atoms with Gasteiger partial charge in [0.25, 0.3) is 11.8 Å². The van der Waals surface area contributed by atoms with Crippen LogP contribution in [0.2, 0.25) is 0 Å². The lowest BCUT2D eigenvalue weighted by Crippen LogP contribution is -2.18. The Morgan fingerprint density at radius 2 is 1.71 bits per heavy atom. The molecule has 0 saturated carbocycles. The number of nitrogens with zero attached hydrogens (tertiary/aromatic N) is 2. The first-order valence-corrected chi connectivity index (χ1v) is 11.2. The number of hydrogen-bond acceptors (Lipinski definition) is 8. The summed E-state index contributed by atoms with van der Waals surface area (Å²) >= 11 is 0. The van der Waals surface area contributed by atoms with Gasteiger partial charge in [0.2, 0.25) is 11.5 Å². The largest absolute Gasteiger partial charge is 0.457 e. The van der Waals surface area contributed by atoms with Crippen molar-refractivity contribution in [2.24, 2.45) is 5.10 Å². The number of benzene rings is 3. The van der Waals surface area contributed by atoms with E-state index in [9.17, 15) is 24.5 Å². The monoisotopic (exact) mass is 512 g/mol. The van der Waals surface area contributed by atoms with Crippen LogP contribution in [0.1, 0.15) is 42.4 Å². The van der Waals surface area contributed by atoms with Crippen LogP contribution in [0.15, 0.2) is 94.6 Å². The lowest BCUT2D eigenvalue weighted by Gasteiger charge is -2.07. The van der Waals surface area contributed by atoms with E-state index in [4.69, 9.17) is 9.15 Å². The maximum absolute atomic E-state index is 12.5. The minimum absolute atomic E-state index is 0.0774. The Labute approximate surface area is 215 Å². The van der Waals surface area contributed by atoms with E-state index in [1.807, 2.05) is 13.0 Å². The van der Waals surface area contributed by atoms with Crippen LogP contribution in [0.3, 0.4) is 0 Å². The molecular formula is C27H20N4O7. The van der Waals surface area contributed by atoms with Crippen LogP contribution in [0, 0.1) is 17.0 Å². The fraction of sp³-hybridized carbons (Fsp3) is 0.0370. The van der Waals surface area contributed by atoms with E-state index < -0.39 is 22.5 Å². The van der Waals surface area contributed by atoms with Crippen LogP contribution in [-0.4, -0.2) is 28.9 Å². The molecule has 2 amide bonds. The molecule has 0 aliphatic carbocycles. The van der Waals surface area contributed by atoms with Crippen molar-refractivity contribution in [2.75, 3.05) is 5.32 Å². The van der Waals surface area contributed by atoms with E-state index in [0.717, 1.165) is 11.8 Å². The molecule has 0 atom stereocenters. The molecular weight excluding hydrogens is 492 g/mol. The number of anilines is 1. The molecule has 0 radical (unpaired) electrons. The minimum Gasteiger partial charge on any atom is -0.457 e. The summed E-state index contributed by atoms with van der Waals surface area (Å²) in [6.07, 6.45) is 2.38. The Morgan fingerprint density at radius 1 is 0.947 bits per heavy atom. The molecule has 38 heavy (non-hydrogen) atoms. The highest BCUT2D eigenvalue weighted by Crippen LogP contribution is 2.30. The number of hydrogen-bond donors (Lipinski definition) is 2. The number of nitro groups is 1. The zero-order chi connectivity index (χ0) is 27.1. The molecule has 190 valence electrons. The lowest BCUT2D eigenvalue weighted by molar-refractivity contribution is -0.385. The van der Waals surface area contributed by atoms with Crippen LogP contribution in [0.5, 0.6) is 5.75 Å². The predicted molar refractivity (Wildman–Crippen MR) is 137 cm³/mol. The Morgan fingerprint density at radius 3 is 2.39 bits per heavy atom. The fourth-order valence-corrected chi connectivity index (χ4v) is 3.36. The van der Waals surface area contributed by atoms with Gasteiger partial charge >= 0.3 is 11.7 Å². The number of ether oxygens (including phenoxy) is 1. The molecule has 2 N–H and O–H groups in total. The van der Waals surface area contributed by atoms with Crippen LogP contribution < -0.4 is 15.5 Å². The highest BCUT2D eigenvalue weighted by Gasteiger charge is 2.23. The van der Waals surface area contributed by atoms with Gasteiger partial charge in [-0.2, -0.15) is 5.10 Å². The van der Waals surface area contributed by atoms with Crippen LogP contribution in [0.25, 0.3) is 0 Å². The molecule has 4 aromatic rings. The molecule has 11 nitrogen and oxygen atoms in total. The van der Waals surface area contributed by atoms with Gasteiger partial charge < -0.3 is 14.5 Å². The van der Waals surface area contributed by atoms with Crippen molar-refractivity contribution in [1.29, 1.82) is 0 Å². The third kappa shape index (κ3) is 6.15. The van der Waals surface area contributed by atoms with Crippen molar-refractivity contribution in [3.05, 3.63) is 123 Å². The summed E-state index contributed by atoms with van der Waals surface area (Å²) in [6.45, 7) is 1.89. The second-order valence-corrected chi connectivity index (χ2v) is 7.92. The maximum atomic E-state index is 12.5. The summed E-state index contributed by atoms with van der Waals surface area (Å²) in [5.74, 6) is -2.28. The van der Waals surface area contributed by atoms with Crippen molar-refractivity contribution in [2.45, 2.75) is 6.92 Å². The highest BCUT2D eigenvalue weighted by molar-refractivity contribution is 6.04. The Bertz CT molecular complexity index is 1530. The average molecular weight is 512 g/mol. The SMILES string of the molecule is Cc1cccc(C(=O)Nc2ccc(C(=O)N/N=C/c3cccc([N+](=O)[O-])c3OC(=O)c3ccco3)cc2)c1. The molecule has 0 bridgehead atoms. The fourth-order valence-electron chi connectivity index (χ4n) is 3.36. The number of rotatable bonds is 8. The maximum Gasteiger partial charge on any atom is 0.379 e. The van der Waals surface area contributed by atoms with E-state index in [2.05, 4.69) is 15.8 Å². The van der Waals surface area contributed by atoms with Gasteiger partial charge in [0.15, 0.2) is 0 Å². The molecule has 0 aliphatic rings. The van der Waals surface area contributed by atoms with E-state index in [1.165, 1.54) is 48.7 Å². The number of carbonyl (C=O) groups is 3. The minimum atomic E-state index is -0.933. The topological polar surface area (TPSA) is 153 Å². The summed E-state index contributed by atoms with van der Waals surface area (Å²) in [6, 6.07) is 20.1. The van der Waals surface area contributed by atoms with Gasteiger partial charge in [-0.05, 0) is 61.5 Å². The van der Waals surface area contributed by atoms with E-state index in [0.29, 0.717) is 11.3 Å². The van der Waals surface area contributed by atoms with Crippen LogP contribution >= 0.6 is 0 Å². The van der Waals surface area contributed by atoms with Crippen molar-refractivity contribution in [3.63, 3.8) is 0 Å². The quantitative estimate of drug-likeness (QED) is 0.114. The average Bonchev–Trinajstić information content (AvgIpc) is 3.45. The van der Waals surface area contributed by atoms with Gasteiger partial charge in [0.1, 0.15) is 0 Å². The van der Waals surface area contributed by atoms with Crippen LogP contribution in [-0.2, 0) is 0 Å². The predicted octanol–water partition coefficient (Wildman–Crippen LogP) is 4.73. The summed E-state index contributed by atoms with van der Waals surface area (Å²) in [4.78, 5) is 47.9. The molecule has 3 aromatic carbocycles. The number of amides is 2. The normalized spacial score (nSPS) is 10.7. The first-order valence-electron chi connectivity index (χ1n) is 11.2. The summed E-state index contributed by atoms with van der Waals surface area (Å²) in [5, 5.41) is 18.0. The van der Waals surface area contributed by atoms with Gasteiger partial charge in [0, 0.05) is 28.4 Å². The molecule has 0 spiro atoms. The zero-order valence-corrected chi connectivity index (χ0v) is 19.9. The van der Waals surface area contributed by atoms with Gasteiger partial charge in [-0.15, -0.1) is 0 Å². The molecule has 0 aliphatic heterocycles. The number of furan rings is 1. The number of nitrogens with one attached hydrogen (secondary N) is 2. The smallest absolute Gasteiger partial charge is 0.379 e. The molecule has 0 unspecified atom stereocenters. The zero-order valence-electron chi connectivity index (χ0n) is 19.9. The van der Waals surface area contributed by atoms with E-state index in [1.54, 1.807) is 30.3 Å². The lowest BCUT2D eigenvalue weighted by atomic mass is 10.1. The molecule has 1 heterocycles. The van der Waals surface area contributed by atoms with Gasteiger partial charge in [-0.3, -0.25) is 19.7 Å². The first kappa shape index (κ1) is 25.5. The second kappa shape index (κ2) is 11.4. The van der Waals surface area contributed by atoms with E-state index in [-0.39, 0.29) is 28.5 Å². The Kier molecular flexibility index (Phi) is 7.68. The Hall–Kier alpha value is -5.58. The van der Waals surface area contributed by atoms with Crippen molar-refractivity contribution < 1.29 is 28.5 Å². The van der Waals surface area contributed by atoms with Crippen molar-refractivity contribution in [3.8, 4) is 5.75 Å². The number of carbonyl (C=O) groups excluding carboxylic acids is 3. The van der Waals surface area contributed by atoms with Crippen molar-refractivity contribution >= 4 is 35.4 Å². The molecule has 0 saturated heterocycles. The van der Waals surface area contributed by atoms with Crippen LogP contribution in [0.4, 0.5) is 11.4 Å². The van der Waals surface area contributed by atoms with Crippen molar-refractivity contribution in [1.82, 2.24) is 5.43 Å². The summed E-state index contributed by atoms with van der Waals surface area (Å²) in [5.41, 5.74) is 4.13. The number of aryl methyl sites for hydroxylation is 1. The molecule has 1 aromatic heterocycles. The highest BCUT2D eigenvalue weighted by atomic mass is 16.6. The molecule has 4 rings (SSSR count). The first-order chi connectivity index (χ1) is 18.3. The second-order valence-electron chi connectivity index (χ2n) is 7.92. The number of nitro benzene ring substituents is 1. The third-order valence-corrected chi connectivity index (χ3v) is 5.19. The molecule has 11 heteroatoms. The molecule has 0 fully saturated rings. The summed E-state index contributed by atoms with van der Waals surface area (Å²) < 4.78 is 10.2. The number of para-hydroxylation sites is 1. The van der Waals surface area contributed by atoms with Gasteiger partial charge in [-0.25, -0.2) is 10.2 Å².